The number of hydrogen-bond acceptors (Lipinski definition) is 3. The molecule has 26 heavy (non-hydrogen) atoms. The Balaban J connectivity index is 1.54. The van der Waals surface area contributed by atoms with Crippen LogP contribution in [0, 0.1) is 0 Å². The Morgan fingerprint density at radius 3 is 2.50 bits per heavy atom. The molecule has 0 spiro atoms. The molecule has 128 valence electrons. The van der Waals surface area contributed by atoms with Crippen LogP contribution in [0.2, 0.25) is 0 Å². The van der Waals surface area contributed by atoms with Gasteiger partial charge in [-0.05, 0) is 28.5 Å². The monoisotopic (exact) mass is 342 g/mol. The van der Waals surface area contributed by atoms with Gasteiger partial charge in [-0.2, -0.15) is 0 Å². The summed E-state index contributed by atoms with van der Waals surface area (Å²) in [6.45, 7) is 0.584. The van der Waals surface area contributed by atoms with Crippen LogP contribution in [-0.2, 0) is 6.54 Å². The number of fused-ring (bicyclic) bond motifs is 1. The molecule has 0 fully saturated rings. The summed E-state index contributed by atoms with van der Waals surface area (Å²) in [6.07, 6.45) is 1.69. The normalized spacial score (nSPS) is 10.8. The van der Waals surface area contributed by atoms with Gasteiger partial charge in [-0.15, -0.1) is 5.10 Å². The second-order valence-electron chi connectivity index (χ2n) is 6.18. The van der Waals surface area contributed by atoms with Gasteiger partial charge in [0.2, 0.25) is 0 Å². The Bertz CT molecular complexity index is 1060. The third-order valence-electron chi connectivity index (χ3n) is 4.37. The maximum Gasteiger partial charge on any atom is 0.280 e. The van der Waals surface area contributed by atoms with Crippen LogP contribution in [-0.4, -0.2) is 27.9 Å². The van der Waals surface area contributed by atoms with E-state index in [1.807, 2.05) is 66.7 Å². The average Bonchev–Trinajstić information content (AvgIpc) is 3.15. The first-order valence-electron chi connectivity index (χ1n) is 8.41. The summed E-state index contributed by atoms with van der Waals surface area (Å²) in [5.74, 6) is -0.181. The lowest BCUT2D eigenvalue weighted by Crippen LogP contribution is -2.26. The second kappa shape index (κ2) is 6.80. The highest BCUT2D eigenvalue weighted by atomic mass is 16.2. The van der Waals surface area contributed by atoms with E-state index >= 15 is 0 Å². The lowest BCUT2D eigenvalue weighted by atomic mass is 10.1. The van der Waals surface area contributed by atoms with Gasteiger partial charge in [0, 0.05) is 12.7 Å². The summed E-state index contributed by atoms with van der Waals surface area (Å²) < 4.78 is 1.68. The number of rotatable bonds is 4. The summed E-state index contributed by atoms with van der Waals surface area (Å²) in [4.78, 5) is 14.4. The van der Waals surface area contributed by atoms with Gasteiger partial charge in [-0.25, -0.2) is 4.68 Å². The van der Waals surface area contributed by atoms with Crippen molar-refractivity contribution < 1.29 is 4.79 Å². The summed E-state index contributed by atoms with van der Waals surface area (Å²) in [5, 5.41) is 10.4. The van der Waals surface area contributed by atoms with E-state index in [1.165, 1.54) is 0 Å². The van der Waals surface area contributed by atoms with Crippen LogP contribution in [0.25, 0.3) is 10.8 Å². The molecule has 0 saturated carbocycles. The largest absolute Gasteiger partial charge is 0.310 e. The number of anilines is 1. The minimum absolute atomic E-state index is 0.181. The lowest BCUT2D eigenvalue weighted by molar-refractivity contribution is 0.0988. The van der Waals surface area contributed by atoms with Crippen molar-refractivity contribution in [2.24, 2.45) is 0 Å². The van der Waals surface area contributed by atoms with Crippen LogP contribution in [0.3, 0.4) is 0 Å². The Hall–Kier alpha value is -3.47. The Labute approximate surface area is 151 Å². The minimum atomic E-state index is -0.181. The van der Waals surface area contributed by atoms with E-state index in [-0.39, 0.29) is 5.91 Å². The van der Waals surface area contributed by atoms with E-state index in [9.17, 15) is 4.79 Å². The number of benzene rings is 3. The molecular weight excluding hydrogens is 324 g/mol. The maximum absolute atomic E-state index is 12.8. The predicted molar refractivity (Wildman–Crippen MR) is 102 cm³/mol. The lowest BCUT2D eigenvalue weighted by Gasteiger charge is -2.16. The first-order chi connectivity index (χ1) is 12.7. The summed E-state index contributed by atoms with van der Waals surface area (Å²) in [7, 11) is 1.75. The van der Waals surface area contributed by atoms with E-state index in [1.54, 1.807) is 22.8 Å². The van der Waals surface area contributed by atoms with E-state index < -0.39 is 0 Å². The van der Waals surface area contributed by atoms with Crippen LogP contribution >= 0.6 is 0 Å². The van der Waals surface area contributed by atoms with Crippen LogP contribution in [0.4, 0.5) is 5.69 Å². The van der Waals surface area contributed by atoms with Crippen molar-refractivity contribution in [1.82, 2.24) is 15.0 Å². The molecule has 0 radical (unpaired) electrons. The molecule has 0 saturated heterocycles. The smallest absolute Gasteiger partial charge is 0.280 e. The number of carbonyl (C=O) groups is 1. The van der Waals surface area contributed by atoms with Gasteiger partial charge >= 0.3 is 0 Å². The number of amides is 1. The highest BCUT2D eigenvalue weighted by Gasteiger charge is 2.17. The van der Waals surface area contributed by atoms with E-state index in [0.29, 0.717) is 12.2 Å². The molecule has 0 aliphatic rings. The molecule has 0 unspecified atom stereocenters. The molecule has 1 aromatic heterocycles. The standard InChI is InChI=1S/C21H18N4O/c1-24(19-12-11-17-9-5-6-10-18(17)13-19)21(26)20-15-25(23-22-20)14-16-7-3-2-4-8-16/h2-13,15H,14H2,1H3. The zero-order chi connectivity index (χ0) is 17.9. The molecule has 0 aliphatic heterocycles. The quantitative estimate of drug-likeness (QED) is 0.567. The van der Waals surface area contributed by atoms with Gasteiger partial charge < -0.3 is 4.90 Å². The predicted octanol–water partition coefficient (Wildman–Crippen LogP) is 3.76. The third-order valence-corrected chi connectivity index (χ3v) is 4.37. The Morgan fingerprint density at radius 2 is 1.69 bits per heavy atom. The van der Waals surface area contributed by atoms with E-state index in [4.69, 9.17) is 0 Å². The fourth-order valence-corrected chi connectivity index (χ4v) is 2.92. The molecule has 0 atom stereocenters. The van der Waals surface area contributed by atoms with Crippen LogP contribution < -0.4 is 4.90 Å². The Morgan fingerprint density at radius 1 is 0.962 bits per heavy atom. The van der Waals surface area contributed by atoms with Gasteiger partial charge in [0.1, 0.15) is 0 Å². The topological polar surface area (TPSA) is 51.0 Å². The minimum Gasteiger partial charge on any atom is -0.310 e. The fourth-order valence-electron chi connectivity index (χ4n) is 2.92. The third kappa shape index (κ3) is 3.19. The van der Waals surface area contributed by atoms with Crippen LogP contribution in [0.5, 0.6) is 0 Å². The molecular formula is C21H18N4O. The van der Waals surface area contributed by atoms with Crippen LogP contribution in [0.1, 0.15) is 16.1 Å². The van der Waals surface area contributed by atoms with Crippen molar-refractivity contribution in [2.75, 3.05) is 11.9 Å². The molecule has 5 heteroatoms. The first-order valence-corrected chi connectivity index (χ1v) is 8.41. The van der Waals surface area contributed by atoms with Crippen molar-refractivity contribution >= 4 is 22.4 Å². The number of carbonyl (C=O) groups excluding carboxylic acids is 1. The molecule has 4 rings (SSSR count). The van der Waals surface area contributed by atoms with Gasteiger partial charge in [0.05, 0.1) is 12.7 Å². The van der Waals surface area contributed by atoms with Gasteiger partial charge in [0.15, 0.2) is 5.69 Å². The van der Waals surface area contributed by atoms with Gasteiger partial charge in [0.25, 0.3) is 5.91 Å². The highest BCUT2D eigenvalue weighted by Crippen LogP contribution is 2.22. The van der Waals surface area contributed by atoms with Crippen LogP contribution in [0.15, 0.2) is 79.0 Å². The number of nitrogens with zero attached hydrogens (tertiary/aromatic N) is 4. The second-order valence-corrected chi connectivity index (χ2v) is 6.18. The molecule has 1 amide bonds. The van der Waals surface area contributed by atoms with E-state index in [0.717, 1.165) is 22.0 Å². The number of hydrogen-bond donors (Lipinski definition) is 0. The highest BCUT2D eigenvalue weighted by molar-refractivity contribution is 6.05. The van der Waals surface area contributed by atoms with Crippen molar-refractivity contribution in [3.05, 3.63) is 90.3 Å². The molecule has 0 bridgehead atoms. The van der Waals surface area contributed by atoms with Gasteiger partial charge in [-0.3, -0.25) is 4.79 Å². The zero-order valence-corrected chi connectivity index (χ0v) is 14.4. The van der Waals surface area contributed by atoms with Crippen molar-refractivity contribution in [2.45, 2.75) is 6.54 Å². The van der Waals surface area contributed by atoms with Crippen molar-refractivity contribution in [1.29, 1.82) is 0 Å². The van der Waals surface area contributed by atoms with Gasteiger partial charge in [-0.1, -0.05) is 65.9 Å². The first kappa shape index (κ1) is 16.0. The summed E-state index contributed by atoms with van der Waals surface area (Å²) in [5.41, 5.74) is 2.27. The summed E-state index contributed by atoms with van der Waals surface area (Å²) >= 11 is 0. The fraction of sp³-hybridized carbons (Fsp3) is 0.0952. The molecule has 0 aliphatic carbocycles. The molecule has 4 aromatic rings. The number of aromatic nitrogens is 3. The maximum atomic E-state index is 12.8. The SMILES string of the molecule is CN(C(=O)c1cn(Cc2ccccc2)nn1)c1ccc2ccccc2c1. The molecule has 0 N–H and O–H groups in total. The molecule has 5 nitrogen and oxygen atoms in total. The average molecular weight is 342 g/mol. The zero-order valence-electron chi connectivity index (χ0n) is 14.4. The Kier molecular flexibility index (Phi) is 4.19. The summed E-state index contributed by atoms with van der Waals surface area (Å²) in [6, 6.07) is 24.0. The van der Waals surface area contributed by atoms with E-state index in [2.05, 4.69) is 16.4 Å². The van der Waals surface area contributed by atoms with Crippen molar-refractivity contribution in [3.8, 4) is 0 Å². The molecule has 3 aromatic carbocycles. The van der Waals surface area contributed by atoms with Crippen molar-refractivity contribution in [3.63, 3.8) is 0 Å². The molecule has 1 heterocycles.